The number of para-hydroxylation sites is 2. The predicted molar refractivity (Wildman–Crippen MR) is 127 cm³/mol. The summed E-state index contributed by atoms with van der Waals surface area (Å²) in [5.41, 5.74) is 0.235. The standard InChI is InChI=1S/C25H17ClFN3O5/c26-16-9-11-17(12-10-16)30-24(33)18(23(32)29-25(30)34)13-15-5-1-4-8-21(15)35-14-22(31)28-20-7-3-2-6-19(20)27/h1-13H,14H2,(H,28,31)(H,29,32,34)/b18-13-. The number of nitrogens with zero attached hydrogens (tertiary/aromatic N) is 1. The number of imide groups is 2. The van der Waals surface area contributed by atoms with Crippen LogP contribution in [-0.4, -0.2) is 30.4 Å². The van der Waals surface area contributed by atoms with Crippen LogP contribution in [0.2, 0.25) is 5.02 Å². The number of barbiturate groups is 1. The molecule has 35 heavy (non-hydrogen) atoms. The van der Waals surface area contributed by atoms with Gasteiger partial charge < -0.3 is 10.1 Å². The van der Waals surface area contributed by atoms with Crippen molar-refractivity contribution >= 4 is 52.8 Å². The highest BCUT2D eigenvalue weighted by molar-refractivity contribution is 6.39. The number of carbonyl (C=O) groups is 4. The van der Waals surface area contributed by atoms with Gasteiger partial charge in [-0.2, -0.15) is 0 Å². The molecule has 1 saturated heterocycles. The van der Waals surface area contributed by atoms with E-state index in [2.05, 4.69) is 10.6 Å². The molecule has 0 aliphatic carbocycles. The number of carbonyl (C=O) groups excluding carboxylic acids is 4. The maximum Gasteiger partial charge on any atom is 0.335 e. The van der Waals surface area contributed by atoms with E-state index in [0.29, 0.717) is 10.6 Å². The second-order valence-corrected chi connectivity index (χ2v) is 7.73. The molecule has 0 unspecified atom stereocenters. The van der Waals surface area contributed by atoms with Crippen LogP contribution in [0.3, 0.4) is 0 Å². The SMILES string of the molecule is O=C(COc1ccccc1/C=C1/C(=O)NC(=O)N(c2ccc(Cl)cc2)C1=O)Nc1ccccc1F. The van der Waals surface area contributed by atoms with Crippen LogP contribution >= 0.6 is 11.6 Å². The number of urea groups is 1. The summed E-state index contributed by atoms with van der Waals surface area (Å²) in [5.74, 6) is -2.72. The van der Waals surface area contributed by atoms with Gasteiger partial charge in [-0.05, 0) is 48.5 Å². The van der Waals surface area contributed by atoms with Gasteiger partial charge in [0.1, 0.15) is 17.1 Å². The summed E-state index contributed by atoms with van der Waals surface area (Å²) in [6.07, 6.45) is 1.26. The highest BCUT2D eigenvalue weighted by Gasteiger charge is 2.37. The van der Waals surface area contributed by atoms with Gasteiger partial charge in [-0.1, -0.05) is 41.9 Å². The lowest BCUT2D eigenvalue weighted by atomic mass is 10.1. The Morgan fingerprint density at radius 1 is 1.00 bits per heavy atom. The van der Waals surface area contributed by atoms with Gasteiger partial charge in [-0.15, -0.1) is 0 Å². The minimum atomic E-state index is -0.895. The molecule has 0 saturated carbocycles. The largest absolute Gasteiger partial charge is 0.483 e. The van der Waals surface area contributed by atoms with Crippen molar-refractivity contribution in [3.8, 4) is 5.75 Å². The molecule has 8 nitrogen and oxygen atoms in total. The third kappa shape index (κ3) is 5.36. The van der Waals surface area contributed by atoms with Crippen LogP contribution in [0, 0.1) is 5.82 Å². The molecule has 176 valence electrons. The first-order valence-electron chi connectivity index (χ1n) is 10.3. The summed E-state index contributed by atoms with van der Waals surface area (Å²) in [7, 11) is 0. The van der Waals surface area contributed by atoms with E-state index in [1.807, 2.05) is 0 Å². The van der Waals surface area contributed by atoms with Crippen molar-refractivity contribution < 1.29 is 28.3 Å². The van der Waals surface area contributed by atoms with Crippen LogP contribution < -0.4 is 20.3 Å². The number of rotatable bonds is 6. The zero-order chi connectivity index (χ0) is 24.9. The number of amides is 5. The number of benzene rings is 3. The first-order chi connectivity index (χ1) is 16.8. The van der Waals surface area contributed by atoms with E-state index in [0.717, 1.165) is 4.90 Å². The van der Waals surface area contributed by atoms with E-state index >= 15 is 0 Å². The molecule has 3 aromatic rings. The second-order valence-electron chi connectivity index (χ2n) is 7.29. The van der Waals surface area contributed by atoms with E-state index in [1.165, 1.54) is 54.6 Å². The molecule has 1 aliphatic heterocycles. The first kappa shape index (κ1) is 23.7. The summed E-state index contributed by atoms with van der Waals surface area (Å²) in [6, 6.07) is 17.1. The molecule has 5 amide bonds. The average Bonchev–Trinajstić information content (AvgIpc) is 2.83. The molecule has 10 heteroatoms. The number of halogens is 2. The molecule has 0 spiro atoms. The molecule has 0 aromatic heterocycles. The van der Waals surface area contributed by atoms with Gasteiger partial charge in [-0.25, -0.2) is 14.1 Å². The third-order valence-corrected chi connectivity index (χ3v) is 5.16. The Morgan fingerprint density at radius 3 is 2.43 bits per heavy atom. The minimum Gasteiger partial charge on any atom is -0.483 e. The Kier molecular flexibility index (Phi) is 6.88. The highest BCUT2D eigenvalue weighted by atomic mass is 35.5. The minimum absolute atomic E-state index is 0.00735. The highest BCUT2D eigenvalue weighted by Crippen LogP contribution is 2.26. The maximum atomic E-state index is 13.7. The van der Waals surface area contributed by atoms with Gasteiger partial charge in [0.15, 0.2) is 6.61 Å². The van der Waals surface area contributed by atoms with Gasteiger partial charge >= 0.3 is 6.03 Å². The Bertz CT molecular complexity index is 1360. The smallest absolute Gasteiger partial charge is 0.335 e. The van der Waals surface area contributed by atoms with Crippen LogP contribution in [0.15, 0.2) is 78.4 Å². The molecule has 2 N–H and O–H groups in total. The Hall–Kier alpha value is -4.50. The normalized spacial score (nSPS) is 14.6. The third-order valence-electron chi connectivity index (χ3n) is 4.91. The van der Waals surface area contributed by atoms with Gasteiger partial charge in [0.05, 0.1) is 11.4 Å². The lowest BCUT2D eigenvalue weighted by molar-refractivity contribution is -0.122. The summed E-state index contributed by atoms with van der Waals surface area (Å²) in [6.45, 7) is -0.454. The second kappa shape index (κ2) is 10.2. The Morgan fingerprint density at radius 2 is 1.69 bits per heavy atom. The van der Waals surface area contributed by atoms with E-state index < -0.39 is 36.2 Å². The Balaban J connectivity index is 1.55. The molecule has 1 heterocycles. The molecular weight excluding hydrogens is 477 g/mol. The number of anilines is 2. The van der Waals surface area contributed by atoms with Crippen molar-refractivity contribution in [2.75, 3.05) is 16.8 Å². The summed E-state index contributed by atoms with van der Waals surface area (Å²) < 4.78 is 19.3. The van der Waals surface area contributed by atoms with Crippen molar-refractivity contribution in [1.82, 2.24) is 5.32 Å². The average molecular weight is 494 g/mol. The van der Waals surface area contributed by atoms with Crippen molar-refractivity contribution in [3.63, 3.8) is 0 Å². The lowest BCUT2D eigenvalue weighted by Gasteiger charge is -2.26. The van der Waals surface area contributed by atoms with E-state index in [4.69, 9.17) is 16.3 Å². The molecule has 1 fully saturated rings. The molecule has 0 radical (unpaired) electrons. The molecule has 3 aromatic carbocycles. The number of nitrogens with one attached hydrogen (secondary N) is 2. The van der Waals surface area contributed by atoms with Gasteiger partial charge in [-0.3, -0.25) is 19.7 Å². The van der Waals surface area contributed by atoms with Crippen molar-refractivity contribution in [2.24, 2.45) is 0 Å². The van der Waals surface area contributed by atoms with Crippen LogP contribution in [0.1, 0.15) is 5.56 Å². The summed E-state index contributed by atoms with van der Waals surface area (Å²) >= 11 is 5.87. The summed E-state index contributed by atoms with van der Waals surface area (Å²) in [4.78, 5) is 50.9. The fourth-order valence-electron chi connectivity index (χ4n) is 3.26. The predicted octanol–water partition coefficient (Wildman–Crippen LogP) is 4.16. The molecule has 0 bridgehead atoms. The molecule has 1 aliphatic rings. The number of hydrogen-bond donors (Lipinski definition) is 2. The fraction of sp³-hybridized carbons (Fsp3) is 0.0400. The van der Waals surface area contributed by atoms with Gasteiger partial charge in [0.25, 0.3) is 17.7 Å². The molecule has 4 rings (SSSR count). The van der Waals surface area contributed by atoms with Crippen molar-refractivity contribution in [1.29, 1.82) is 0 Å². The Labute approximate surface area is 203 Å². The zero-order valence-corrected chi connectivity index (χ0v) is 18.7. The quantitative estimate of drug-likeness (QED) is 0.396. The monoisotopic (exact) mass is 493 g/mol. The van der Waals surface area contributed by atoms with Gasteiger partial charge in [0.2, 0.25) is 0 Å². The van der Waals surface area contributed by atoms with E-state index in [1.54, 1.807) is 24.3 Å². The van der Waals surface area contributed by atoms with Crippen molar-refractivity contribution in [3.05, 3.63) is 94.8 Å². The number of hydrogen-bond acceptors (Lipinski definition) is 5. The lowest BCUT2D eigenvalue weighted by Crippen LogP contribution is -2.54. The zero-order valence-electron chi connectivity index (χ0n) is 18.0. The molecule has 0 atom stereocenters. The van der Waals surface area contributed by atoms with Crippen LogP contribution in [0.4, 0.5) is 20.6 Å². The van der Waals surface area contributed by atoms with E-state index in [9.17, 15) is 23.6 Å². The number of ether oxygens (including phenoxy) is 1. The molecular formula is C25H17ClFN3O5. The van der Waals surface area contributed by atoms with Gasteiger partial charge in [0, 0.05) is 10.6 Å². The van der Waals surface area contributed by atoms with Crippen molar-refractivity contribution in [2.45, 2.75) is 0 Å². The van der Waals surface area contributed by atoms with E-state index in [-0.39, 0.29) is 22.7 Å². The topological polar surface area (TPSA) is 105 Å². The first-order valence-corrected chi connectivity index (χ1v) is 10.6. The van der Waals surface area contributed by atoms with Crippen LogP contribution in [0.5, 0.6) is 5.75 Å². The fourth-order valence-corrected chi connectivity index (χ4v) is 3.39. The maximum absolute atomic E-state index is 13.7. The van der Waals surface area contributed by atoms with Crippen LogP contribution in [-0.2, 0) is 14.4 Å². The summed E-state index contributed by atoms with van der Waals surface area (Å²) in [5, 5.41) is 4.95. The van der Waals surface area contributed by atoms with Crippen LogP contribution in [0.25, 0.3) is 6.08 Å².